The first kappa shape index (κ1) is 50.9. The molecule has 0 heterocycles. The summed E-state index contributed by atoms with van der Waals surface area (Å²) in [5.74, 6) is 0.735. The Balaban J connectivity index is 0.000000345. The zero-order chi connectivity index (χ0) is 47.9. The number of ether oxygens (including phenoxy) is 4. The van der Waals surface area contributed by atoms with Crippen LogP contribution < -0.4 is 41.4 Å². The number of alkyl carbamates (subject to hydrolysis) is 2. The standard InChI is InChI=1S/C24H27N5O4.C23H25N5O4/c1-6-19(11-12-25)33-24(31)27-16(3)20-13-17(8-7-15(20)2)28-23(30)29-18-9-10-21(26-4)22(14-18)32-5;1-5-19(11-12-24)32-23(30)26-15(2)16-7-6-8-17(13-16)27-22(29)28-18-9-10-20(25-3)21(14-18)31-4/h7-10,13-14,16,19H,6,11H2,1-3,5H3,(H,27,31)(H2,28,29,30);6-10,13-15,19H,5,11H2,1-2,4H3,(H,26,30)(H2,27,28,29)/t16-,19+;15-,19+/m00/s1. The maximum absolute atomic E-state index is 12.5. The van der Waals surface area contributed by atoms with E-state index in [1.165, 1.54) is 14.2 Å². The van der Waals surface area contributed by atoms with E-state index in [2.05, 4.69) is 41.6 Å². The lowest BCUT2D eigenvalue weighted by atomic mass is 10.0. The van der Waals surface area contributed by atoms with Gasteiger partial charge in [-0.2, -0.15) is 10.5 Å². The van der Waals surface area contributed by atoms with Crippen LogP contribution in [0.4, 0.5) is 53.3 Å². The molecular formula is C47H52N10O8. The van der Waals surface area contributed by atoms with E-state index in [9.17, 15) is 19.2 Å². The van der Waals surface area contributed by atoms with E-state index < -0.39 is 36.5 Å². The molecule has 0 unspecified atom stereocenters. The zero-order valence-electron chi connectivity index (χ0n) is 37.2. The number of nitriles is 2. The highest BCUT2D eigenvalue weighted by molar-refractivity contribution is 6.01. The molecule has 0 fully saturated rings. The molecule has 0 aliphatic heterocycles. The van der Waals surface area contributed by atoms with Gasteiger partial charge in [-0.25, -0.2) is 28.9 Å². The van der Waals surface area contributed by atoms with Crippen LogP contribution in [0.15, 0.2) is 78.9 Å². The molecule has 4 atom stereocenters. The maximum Gasteiger partial charge on any atom is 0.407 e. The van der Waals surface area contributed by atoms with Gasteiger partial charge in [-0.05, 0) is 98.8 Å². The van der Waals surface area contributed by atoms with Gasteiger partial charge >= 0.3 is 24.2 Å². The first-order chi connectivity index (χ1) is 31.2. The van der Waals surface area contributed by atoms with Crippen molar-refractivity contribution in [3.05, 3.63) is 118 Å². The summed E-state index contributed by atoms with van der Waals surface area (Å²) in [5, 5.41) is 33.9. The Labute approximate surface area is 378 Å². The summed E-state index contributed by atoms with van der Waals surface area (Å²) in [5.41, 5.74) is 5.22. The van der Waals surface area contributed by atoms with Gasteiger partial charge in [0.25, 0.3) is 0 Å². The predicted molar refractivity (Wildman–Crippen MR) is 246 cm³/mol. The van der Waals surface area contributed by atoms with E-state index in [4.69, 9.17) is 42.6 Å². The maximum atomic E-state index is 12.5. The smallest absolute Gasteiger partial charge is 0.407 e. The van der Waals surface area contributed by atoms with Crippen LogP contribution in [0.2, 0.25) is 0 Å². The number of rotatable bonds is 16. The summed E-state index contributed by atoms with van der Waals surface area (Å²) in [6.07, 6.45) is -0.734. The second-order valence-electron chi connectivity index (χ2n) is 14.2. The van der Waals surface area contributed by atoms with Crippen LogP contribution in [-0.2, 0) is 9.47 Å². The fourth-order valence-electron chi connectivity index (χ4n) is 5.98. The van der Waals surface area contributed by atoms with Crippen LogP contribution in [0, 0.1) is 42.7 Å². The van der Waals surface area contributed by atoms with Gasteiger partial charge in [0, 0.05) is 22.7 Å². The topological polar surface area (TPSA) is 234 Å². The van der Waals surface area contributed by atoms with E-state index >= 15 is 0 Å². The number of amides is 6. The Hall–Kier alpha value is -8.48. The van der Waals surface area contributed by atoms with Crippen molar-refractivity contribution in [2.24, 2.45) is 0 Å². The minimum Gasteiger partial charge on any atom is -0.508 e. The molecule has 18 heteroatoms. The average Bonchev–Trinajstić information content (AvgIpc) is 3.29. The van der Waals surface area contributed by atoms with Crippen molar-refractivity contribution < 1.29 is 38.1 Å². The van der Waals surface area contributed by atoms with Crippen molar-refractivity contribution in [1.82, 2.24) is 10.6 Å². The van der Waals surface area contributed by atoms with E-state index in [1.807, 2.05) is 52.0 Å². The van der Waals surface area contributed by atoms with E-state index in [0.29, 0.717) is 58.5 Å². The number of carbonyl (C=O) groups is 4. The Morgan fingerprint density at radius 1 is 0.631 bits per heavy atom. The van der Waals surface area contributed by atoms with Crippen LogP contribution in [0.3, 0.4) is 0 Å². The van der Waals surface area contributed by atoms with Gasteiger partial charge in [0.2, 0.25) is 11.4 Å². The molecule has 4 aromatic carbocycles. The molecule has 6 N–H and O–H groups in total. The Kier molecular flexibility index (Phi) is 20.4. The van der Waals surface area contributed by atoms with Crippen molar-refractivity contribution in [2.45, 2.75) is 84.6 Å². The first-order valence-corrected chi connectivity index (χ1v) is 20.4. The third-order valence-corrected chi connectivity index (χ3v) is 9.53. The highest BCUT2D eigenvalue weighted by Crippen LogP contribution is 2.32. The third-order valence-electron chi connectivity index (χ3n) is 9.53. The van der Waals surface area contributed by atoms with Gasteiger partial charge in [-0.1, -0.05) is 44.2 Å². The summed E-state index contributed by atoms with van der Waals surface area (Å²) in [6, 6.07) is 24.2. The van der Waals surface area contributed by atoms with Gasteiger partial charge in [0.1, 0.15) is 23.7 Å². The fraction of sp³-hybridized carbons (Fsp3) is 0.319. The second-order valence-corrected chi connectivity index (χ2v) is 14.2. The fourth-order valence-corrected chi connectivity index (χ4v) is 5.98. The van der Waals surface area contributed by atoms with Crippen molar-refractivity contribution in [1.29, 1.82) is 10.5 Å². The summed E-state index contributed by atoms with van der Waals surface area (Å²) < 4.78 is 20.8. The molecule has 0 aliphatic carbocycles. The molecule has 4 aromatic rings. The number of nitrogens with one attached hydrogen (secondary N) is 6. The quantitative estimate of drug-likeness (QED) is 0.0582. The summed E-state index contributed by atoms with van der Waals surface area (Å²) >= 11 is 0. The highest BCUT2D eigenvalue weighted by Gasteiger charge is 2.19. The molecule has 4 rings (SSSR count). The Bertz CT molecular complexity index is 2470. The molecule has 0 aromatic heterocycles. The lowest BCUT2D eigenvalue weighted by Crippen LogP contribution is -2.31. The molecule has 0 radical (unpaired) electrons. The zero-order valence-corrected chi connectivity index (χ0v) is 37.2. The average molecular weight is 885 g/mol. The van der Waals surface area contributed by atoms with E-state index in [0.717, 1.165) is 16.7 Å². The van der Waals surface area contributed by atoms with E-state index in [1.54, 1.807) is 73.7 Å². The highest BCUT2D eigenvalue weighted by atomic mass is 16.6. The number of benzene rings is 4. The summed E-state index contributed by atoms with van der Waals surface area (Å²) in [6.45, 7) is 23.4. The van der Waals surface area contributed by atoms with Crippen molar-refractivity contribution >= 4 is 58.4 Å². The number of methoxy groups -OCH3 is 2. The molecule has 0 saturated heterocycles. The summed E-state index contributed by atoms with van der Waals surface area (Å²) in [4.78, 5) is 55.8. The Morgan fingerprint density at radius 3 is 1.49 bits per heavy atom. The number of anilines is 4. The third kappa shape index (κ3) is 16.4. The van der Waals surface area contributed by atoms with Crippen molar-refractivity contribution in [3.63, 3.8) is 0 Å². The van der Waals surface area contributed by atoms with Gasteiger partial charge in [0.15, 0.2) is 0 Å². The van der Waals surface area contributed by atoms with Gasteiger partial charge in [-0.3, -0.25) is 0 Å². The summed E-state index contributed by atoms with van der Waals surface area (Å²) in [7, 11) is 2.91. The van der Waals surface area contributed by atoms with Crippen molar-refractivity contribution in [3.8, 4) is 23.6 Å². The SMILES string of the molecule is [C-]#[N+]c1ccc(NC(=O)Nc2ccc(C)c([C@H](C)NC(=O)O[C@H](CC)CC#N)c2)cc1OC.[C-]#[N+]c1ccc(NC(=O)Nc2cccc([C@H](C)NC(=O)O[C@H](CC)CC#N)c2)cc1OC. The molecule has 0 saturated carbocycles. The lowest BCUT2D eigenvalue weighted by Gasteiger charge is -2.20. The van der Waals surface area contributed by atoms with Gasteiger partial charge in [-0.15, -0.1) is 0 Å². The number of urea groups is 2. The van der Waals surface area contributed by atoms with Crippen molar-refractivity contribution in [2.75, 3.05) is 35.5 Å². The normalized spacial score (nSPS) is 11.8. The van der Waals surface area contributed by atoms with Crippen LogP contribution in [0.25, 0.3) is 9.69 Å². The number of hydrogen-bond acceptors (Lipinski definition) is 10. The second kappa shape index (κ2) is 26.1. The number of nitrogens with zero attached hydrogens (tertiary/aromatic N) is 4. The Morgan fingerprint density at radius 2 is 1.06 bits per heavy atom. The van der Waals surface area contributed by atoms with E-state index in [-0.39, 0.29) is 24.9 Å². The lowest BCUT2D eigenvalue weighted by molar-refractivity contribution is 0.0941. The van der Waals surface area contributed by atoms with Crippen LogP contribution >= 0.6 is 0 Å². The number of carbonyl (C=O) groups excluding carboxylic acids is 4. The molecule has 6 amide bonds. The number of aryl methyl sites for hydroxylation is 1. The number of hydrogen-bond donors (Lipinski definition) is 6. The molecular weight excluding hydrogens is 833 g/mol. The molecule has 18 nitrogen and oxygen atoms in total. The predicted octanol–water partition coefficient (Wildman–Crippen LogP) is 11.0. The molecule has 0 spiro atoms. The largest absolute Gasteiger partial charge is 0.508 e. The van der Waals surface area contributed by atoms with Gasteiger partial charge < -0.3 is 50.8 Å². The van der Waals surface area contributed by atoms with Gasteiger partial charge in [0.05, 0.1) is 64.4 Å². The molecule has 0 bridgehead atoms. The minimum absolute atomic E-state index is 0.137. The molecule has 338 valence electrons. The van der Waals surface area contributed by atoms with Crippen LogP contribution in [0.5, 0.6) is 11.5 Å². The first-order valence-electron chi connectivity index (χ1n) is 20.4. The monoisotopic (exact) mass is 884 g/mol. The van der Waals surface area contributed by atoms with Crippen LogP contribution in [0.1, 0.15) is 82.2 Å². The minimum atomic E-state index is -0.604. The molecule has 65 heavy (non-hydrogen) atoms. The van der Waals surface area contributed by atoms with Crippen LogP contribution in [-0.4, -0.2) is 50.7 Å². The molecule has 0 aliphatic rings.